The maximum absolute atomic E-state index is 12.9. The van der Waals surface area contributed by atoms with Crippen LogP contribution in [0.15, 0.2) is 18.2 Å². The number of benzene rings is 1. The molecular formula is C33H59NO13. The van der Waals surface area contributed by atoms with Crippen molar-refractivity contribution >= 4 is 5.91 Å². The van der Waals surface area contributed by atoms with Crippen LogP contribution in [0.1, 0.15) is 43.0 Å². The van der Waals surface area contributed by atoms with Crippen molar-refractivity contribution in [3.8, 4) is 11.5 Å². The normalized spacial score (nSPS) is 11.2. The summed E-state index contributed by atoms with van der Waals surface area (Å²) in [5.74, 6) is 0.807. The molecule has 14 nitrogen and oxygen atoms in total. The molecule has 0 saturated carbocycles. The Morgan fingerprint density at radius 2 is 0.936 bits per heavy atom. The van der Waals surface area contributed by atoms with Crippen molar-refractivity contribution in [3.05, 3.63) is 23.8 Å². The molecule has 0 unspecified atom stereocenters. The van der Waals surface area contributed by atoms with Gasteiger partial charge in [0.1, 0.15) is 18.1 Å². The lowest BCUT2D eigenvalue weighted by Crippen LogP contribution is -2.27. The molecule has 1 aromatic rings. The standard InChI is InChI=1S/C33H59NO13/c1-2-38-15-16-43-21-18-40-12-7-34-33(37)30-27-31(46-11-6-4-3-5-10-39-17-19-41-13-8-35)29-32(28-30)47-26-25-45-24-23-44-22-20-42-14-9-36/h27-29,35-36H,2-26H2,1H3,(H,34,37). The Labute approximate surface area is 280 Å². The Kier molecular flexibility index (Phi) is 30.8. The molecule has 0 fully saturated rings. The highest BCUT2D eigenvalue weighted by Gasteiger charge is 2.11. The first-order valence-electron chi connectivity index (χ1n) is 16.7. The van der Waals surface area contributed by atoms with Gasteiger partial charge in [-0.2, -0.15) is 0 Å². The van der Waals surface area contributed by atoms with Crippen LogP contribution in [-0.2, 0) is 37.9 Å². The summed E-state index contributed by atoms with van der Waals surface area (Å²) in [7, 11) is 0. The molecular weight excluding hydrogens is 618 g/mol. The molecule has 0 aliphatic heterocycles. The second kappa shape index (κ2) is 33.8. The molecule has 0 heterocycles. The fourth-order valence-electron chi connectivity index (χ4n) is 3.85. The van der Waals surface area contributed by atoms with Crippen molar-refractivity contribution < 1.29 is 62.4 Å². The third-order valence-corrected chi connectivity index (χ3v) is 6.16. The number of unbranched alkanes of at least 4 members (excludes halogenated alkanes) is 3. The van der Waals surface area contributed by atoms with E-state index in [4.69, 9.17) is 57.6 Å². The molecule has 0 aliphatic rings. The van der Waals surface area contributed by atoms with Crippen LogP contribution < -0.4 is 14.8 Å². The van der Waals surface area contributed by atoms with E-state index in [1.165, 1.54) is 0 Å². The first-order chi connectivity index (χ1) is 23.2. The molecule has 14 heteroatoms. The van der Waals surface area contributed by atoms with Crippen LogP contribution in [0.5, 0.6) is 11.5 Å². The van der Waals surface area contributed by atoms with E-state index in [9.17, 15) is 4.79 Å². The lowest BCUT2D eigenvalue weighted by molar-refractivity contribution is 0.00360. The maximum atomic E-state index is 12.9. The molecule has 0 atom stereocenters. The second-order valence-electron chi connectivity index (χ2n) is 9.99. The van der Waals surface area contributed by atoms with Gasteiger partial charge in [0.05, 0.1) is 112 Å². The molecule has 0 spiro atoms. The van der Waals surface area contributed by atoms with Crippen LogP contribution in [0.25, 0.3) is 0 Å². The van der Waals surface area contributed by atoms with Gasteiger partial charge in [0, 0.05) is 31.4 Å². The van der Waals surface area contributed by atoms with Crippen LogP contribution in [-0.4, -0.2) is 155 Å². The van der Waals surface area contributed by atoms with E-state index in [1.54, 1.807) is 18.2 Å². The molecule has 0 bridgehead atoms. The lowest BCUT2D eigenvalue weighted by atomic mass is 10.2. The molecule has 274 valence electrons. The van der Waals surface area contributed by atoms with Crippen LogP contribution in [0, 0.1) is 0 Å². The van der Waals surface area contributed by atoms with Crippen molar-refractivity contribution in [2.45, 2.75) is 32.6 Å². The summed E-state index contributed by atoms with van der Waals surface area (Å²) in [6, 6.07) is 5.16. The summed E-state index contributed by atoms with van der Waals surface area (Å²) in [4.78, 5) is 12.9. The summed E-state index contributed by atoms with van der Waals surface area (Å²) >= 11 is 0. The van der Waals surface area contributed by atoms with Crippen molar-refractivity contribution in [1.29, 1.82) is 0 Å². The highest BCUT2D eigenvalue weighted by Crippen LogP contribution is 2.23. The maximum Gasteiger partial charge on any atom is 0.251 e. The van der Waals surface area contributed by atoms with Crippen LogP contribution in [0.4, 0.5) is 0 Å². The highest BCUT2D eigenvalue weighted by atomic mass is 16.6. The van der Waals surface area contributed by atoms with Gasteiger partial charge in [0.25, 0.3) is 5.91 Å². The molecule has 3 N–H and O–H groups in total. The van der Waals surface area contributed by atoms with Crippen molar-refractivity contribution in [1.82, 2.24) is 5.32 Å². The number of aliphatic hydroxyl groups is 2. The third-order valence-electron chi connectivity index (χ3n) is 6.16. The zero-order valence-corrected chi connectivity index (χ0v) is 28.3. The molecule has 1 rings (SSSR count). The molecule has 0 radical (unpaired) electrons. The quantitative estimate of drug-likeness (QED) is 0.0884. The number of nitrogens with one attached hydrogen (secondary N) is 1. The van der Waals surface area contributed by atoms with E-state index in [-0.39, 0.29) is 19.1 Å². The Morgan fingerprint density at radius 3 is 1.47 bits per heavy atom. The average molecular weight is 678 g/mol. The van der Waals surface area contributed by atoms with Gasteiger partial charge >= 0.3 is 0 Å². The summed E-state index contributed by atoms with van der Waals surface area (Å²) in [6.07, 6.45) is 3.82. The lowest BCUT2D eigenvalue weighted by Gasteiger charge is -2.13. The van der Waals surface area contributed by atoms with Gasteiger partial charge in [-0.1, -0.05) is 6.42 Å². The minimum atomic E-state index is -0.255. The molecule has 0 aromatic heterocycles. The average Bonchev–Trinajstić information content (AvgIpc) is 3.08. The Hall–Kier alpha value is -2.11. The van der Waals surface area contributed by atoms with E-state index >= 15 is 0 Å². The van der Waals surface area contributed by atoms with E-state index in [1.807, 2.05) is 6.92 Å². The molecule has 47 heavy (non-hydrogen) atoms. The van der Waals surface area contributed by atoms with Gasteiger partial charge in [-0.3, -0.25) is 4.79 Å². The number of aliphatic hydroxyl groups excluding tert-OH is 2. The zero-order valence-electron chi connectivity index (χ0n) is 28.3. The van der Waals surface area contributed by atoms with Crippen molar-refractivity contribution in [2.75, 3.05) is 139 Å². The number of hydrogen-bond donors (Lipinski definition) is 3. The fourth-order valence-corrected chi connectivity index (χ4v) is 3.85. The fraction of sp³-hybridized carbons (Fsp3) is 0.788. The van der Waals surface area contributed by atoms with Crippen molar-refractivity contribution in [3.63, 3.8) is 0 Å². The number of ether oxygens (including phenoxy) is 10. The van der Waals surface area contributed by atoms with Gasteiger partial charge in [0.2, 0.25) is 0 Å². The van der Waals surface area contributed by atoms with E-state index in [0.717, 1.165) is 25.7 Å². The second-order valence-corrected chi connectivity index (χ2v) is 9.99. The summed E-state index contributed by atoms with van der Waals surface area (Å²) in [5, 5.41) is 20.2. The third kappa shape index (κ3) is 27.5. The van der Waals surface area contributed by atoms with Crippen LogP contribution in [0.3, 0.4) is 0 Å². The van der Waals surface area contributed by atoms with Gasteiger partial charge in [0.15, 0.2) is 0 Å². The van der Waals surface area contributed by atoms with Crippen molar-refractivity contribution in [2.24, 2.45) is 0 Å². The topological polar surface area (TPSA) is 162 Å². The Balaban J connectivity index is 2.41. The largest absolute Gasteiger partial charge is 0.493 e. The van der Waals surface area contributed by atoms with E-state index < -0.39 is 0 Å². The predicted octanol–water partition coefficient (Wildman–Crippen LogP) is 1.87. The Bertz CT molecular complexity index is 834. The van der Waals surface area contributed by atoms with E-state index in [0.29, 0.717) is 143 Å². The molecule has 1 amide bonds. The monoisotopic (exact) mass is 677 g/mol. The smallest absolute Gasteiger partial charge is 0.251 e. The zero-order chi connectivity index (χ0) is 33.9. The highest BCUT2D eigenvalue weighted by molar-refractivity contribution is 5.95. The first kappa shape index (κ1) is 42.9. The van der Waals surface area contributed by atoms with Gasteiger partial charge in [-0.05, 0) is 38.3 Å². The number of amides is 1. The molecule has 1 aromatic carbocycles. The predicted molar refractivity (Wildman–Crippen MR) is 175 cm³/mol. The van der Waals surface area contributed by atoms with Gasteiger partial charge < -0.3 is 62.9 Å². The number of carbonyl (C=O) groups is 1. The van der Waals surface area contributed by atoms with E-state index in [2.05, 4.69) is 5.32 Å². The summed E-state index contributed by atoms with van der Waals surface area (Å²) in [5.41, 5.74) is 0.426. The molecule has 0 aliphatic carbocycles. The number of rotatable bonds is 36. The van der Waals surface area contributed by atoms with Gasteiger partial charge in [-0.15, -0.1) is 0 Å². The Morgan fingerprint density at radius 1 is 0.511 bits per heavy atom. The van der Waals surface area contributed by atoms with Crippen LogP contribution >= 0.6 is 0 Å². The summed E-state index contributed by atoms with van der Waals surface area (Å²) in [6.45, 7) is 10.5. The van der Waals surface area contributed by atoms with Gasteiger partial charge in [-0.25, -0.2) is 0 Å². The molecule has 0 saturated heterocycles. The van der Waals surface area contributed by atoms with Crippen LogP contribution in [0.2, 0.25) is 0 Å². The summed E-state index contributed by atoms with van der Waals surface area (Å²) < 4.78 is 54.8. The minimum Gasteiger partial charge on any atom is -0.493 e. The first-order valence-corrected chi connectivity index (χ1v) is 16.7. The number of carbonyl (C=O) groups excluding carboxylic acids is 1. The number of hydrogen-bond acceptors (Lipinski definition) is 13. The SMILES string of the molecule is CCOCCOCCOCCNC(=O)c1cc(OCCCCCCOCCOCCO)cc(OCCOCCOCCOCCO)c1. The minimum absolute atomic E-state index is 0.00630.